The van der Waals surface area contributed by atoms with Crippen LogP contribution in [0.4, 0.5) is 0 Å². The van der Waals surface area contributed by atoms with Gasteiger partial charge in [-0.25, -0.2) is 0 Å². The van der Waals surface area contributed by atoms with Crippen molar-refractivity contribution in [2.24, 2.45) is 0 Å². The number of aliphatic hydroxyl groups excluding tert-OH is 1. The third-order valence-corrected chi connectivity index (χ3v) is 4.52. The molecule has 112 valence electrons. The van der Waals surface area contributed by atoms with Crippen molar-refractivity contribution in [2.45, 2.75) is 44.2 Å². The van der Waals surface area contributed by atoms with Gasteiger partial charge in [0.05, 0.1) is 6.61 Å². The predicted octanol–water partition coefficient (Wildman–Crippen LogP) is 2.36. The molecule has 2 N–H and O–H groups in total. The highest BCUT2D eigenvalue weighted by Gasteiger charge is 2.21. The lowest BCUT2D eigenvalue weighted by molar-refractivity contribution is 0.217. The monoisotopic (exact) mass is 276 g/mol. The first-order valence-corrected chi connectivity index (χ1v) is 7.78. The lowest BCUT2D eigenvalue weighted by atomic mass is 9.81. The Morgan fingerprint density at radius 2 is 1.80 bits per heavy atom. The molecule has 0 aliphatic heterocycles. The smallest absolute Gasteiger partial charge is 0.0558 e. The zero-order chi connectivity index (χ0) is 14.4. The maximum atomic E-state index is 8.92. The second-order valence-corrected chi connectivity index (χ2v) is 6.04. The van der Waals surface area contributed by atoms with E-state index in [2.05, 4.69) is 41.5 Å². The second kappa shape index (κ2) is 7.77. The molecule has 0 amide bonds. The Morgan fingerprint density at radius 3 is 2.35 bits per heavy atom. The average molecular weight is 276 g/mol. The molecule has 1 aromatic rings. The Morgan fingerprint density at radius 1 is 1.15 bits per heavy atom. The van der Waals surface area contributed by atoms with Crippen LogP contribution in [0.15, 0.2) is 24.3 Å². The summed E-state index contributed by atoms with van der Waals surface area (Å²) < 4.78 is 0. The average Bonchev–Trinajstić information content (AvgIpc) is 2.48. The summed E-state index contributed by atoms with van der Waals surface area (Å²) in [6.45, 7) is 1.87. The van der Waals surface area contributed by atoms with E-state index in [0.29, 0.717) is 0 Å². The van der Waals surface area contributed by atoms with E-state index < -0.39 is 0 Å². The summed E-state index contributed by atoms with van der Waals surface area (Å²) in [5, 5.41) is 12.3. The van der Waals surface area contributed by atoms with Gasteiger partial charge in [0.1, 0.15) is 0 Å². The molecule has 1 aromatic carbocycles. The van der Waals surface area contributed by atoms with E-state index in [4.69, 9.17) is 5.11 Å². The van der Waals surface area contributed by atoms with Crippen molar-refractivity contribution in [1.82, 2.24) is 10.2 Å². The summed E-state index contributed by atoms with van der Waals surface area (Å²) in [6.07, 6.45) is 5.19. The minimum absolute atomic E-state index is 0.225. The minimum Gasteiger partial charge on any atom is -0.395 e. The number of likely N-dealkylation sites (N-methyl/N-ethyl adjacent to an activating group) is 1. The summed E-state index contributed by atoms with van der Waals surface area (Å²) in [4.78, 5) is 2.15. The molecule has 2 rings (SSSR count). The molecule has 0 radical (unpaired) electrons. The van der Waals surface area contributed by atoms with E-state index in [-0.39, 0.29) is 6.61 Å². The van der Waals surface area contributed by atoms with Gasteiger partial charge in [0.2, 0.25) is 0 Å². The fourth-order valence-electron chi connectivity index (χ4n) is 3.17. The molecule has 0 saturated heterocycles. The first-order valence-electron chi connectivity index (χ1n) is 7.78. The van der Waals surface area contributed by atoms with Crippen molar-refractivity contribution in [3.63, 3.8) is 0 Å². The van der Waals surface area contributed by atoms with Gasteiger partial charge in [-0.1, -0.05) is 24.3 Å². The lowest BCUT2D eigenvalue weighted by Crippen LogP contribution is -2.29. The SMILES string of the molecule is CNC1CCC(c2ccc(CN(C)CCO)cc2)CC1. The zero-order valence-electron chi connectivity index (χ0n) is 12.8. The molecule has 1 saturated carbocycles. The largest absolute Gasteiger partial charge is 0.395 e. The van der Waals surface area contributed by atoms with Crippen LogP contribution < -0.4 is 5.32 Å². The maximum absolute atomic E-state index is 8.92. The highest BCUT2D eigenvalue weighted by atomic mass is 16.3. The molecule has 1 fully saturated rings. The molecule has 20 heavy (non-hydrogen) atoms. The van der Waals surface area contributed by atoms with Gasteiger partial charge in [-0.05, 0) is 56.8 Å². The van der Waals surface area contributed by atoms with Gasteiger partial charge in [-0.2, -0.15) is 0 Å². The number of hydrogen-bond acceptors (Lipinski definition) is 3. The quantitative estimate of drug-likeness (QED) is 0.837. The third-order valence-electron chi connectivity index (χ3n) is 4.52. The highest BCUT2D eigenvalue weighted by Crippen LogP contribution is 2.32. The molecular weight excluding hydrogens is 248 g/mol. The molecule has 0 unspecified atom stereocenters. The van der Waals surface area contributed by atoms with Gasteiger partial charge in [0, 0.05) is 19.1 Å². The lowest BCUT2D eigenvalue weighted by Gasteiger charge is -2.28. The Balaban J connectivity index is 1.88. The van der Waals surface area contributed by atoms with Crippen molar-refractivity contribution in [3.05, 3.63) is 35.4 Å². The van der Waals surface area contributed by atoms with E-state index in [1.54, 1.807) is 0 Å². The van der Waals surface area contributed by atoms with Crippen molar-refractivity contribution >= 4 is 0 Å². The summed E-state index contributed by atoms with van der Waals surface area (Å²) in [7, 11) is 4.12. The molecule has 0 spiro atoms. The molecule has 0 bridgehead atoms. The van der Waals surface area contributed by atoms with Gasteiger partial charge in [-0.15, -0.1) is 0 Å². The van der Waals surface area contributed by atoms with Crippen LogP contribution in [0.1, 0.15) is 42.7 Å². The standard InChI is InChI=1S/C17H28N2O/c1-18-17-9-7-16(8-10-17)15-5-3-14(4-6-15)13-19(2)11-12-20/h3-6,16-18,20H,7-13H2,1-2H3. The Labute approximate surface area is 123 Å². The van der Waals surface area contributed by atoms with Gasteiger partial charge in [0.25, 0.3) is 0 Å². The normalized spacial score (nSPS) is 23.2. The number of rotatable bonds is 6. The van der Waals surface area contributed by atoms with Crippen molar-refractivity contribution < 1.29 is 5.11 Å². The first kappa shape index (κ1) is 15.5. The molecule has 0 aromatic heterocycles. The van der Waals surface area contributed by atoms with Crippen LogP contribution in [0.25, 0.3) is 0 Å². The van der Waals surface area contributed by atoms with Crippen LogP contribution in [0.5, 0.6) is 0 Å². The Bertz CT molecular complexity index is 382. The van der Waals surface area contributed by atoms with Crippen LogP contribution in [-0.4, -0.2) is 43.3 Å². The fourth-order valence-corrected chi connectivity index (χ4v) is 3.17. The van der Waals surface area contributed by atoms with Crippen LogP contribution >= 0.6 is 0 Å². The van der Waals surface area contributed by atoms with Crippen LogP contribution in [-0.2, 0) is 6.54 Å². The summed E-state index contributed by atoms with van der Waals surface area (Å²) >= 11 is 0. The van der Waals surface area contributed by atoms with Crippen LogP contribution in [0.3, 0.4) is 0 Å². The predicted molar refractivity (Wildman–Crippen MR) is 83.9 cm³/mol. The molecule has 3 nitrogen and oxygen atoms in total. The summed E-state index contributed by atoms with van der Waals surface area (Å²) in [5.41, 5.74) is 2.82. The number of nitrogens with one attached hydrogen (secondary N) is 1. The fraction of sp³-hybridized carbons (Fsp3) is 0.647. The number of benzene rings is 1. The topological polar surface area (TPSA) is 35.5 Å². The van der Waals surface area contributed by atoms with Crippen molar-refractivity contribution in [1.29, 1.82) is 0 Å². The van der Waals surface area contributed by atoms with Crippen molar-refractivity contribution in [3.8, 4) is 0 Å². The van der Waals surface area contributed by atoms with E-state index in [9.17, 15) is 0 Å². The molecule has 0 atom stereocenters. The van der Waals surface area contributed by atoms with E-state index in [1.165, 1.54) is 36.8 Å². The zero-order valence-corrected chi connectivity index (χ0v) is 12.8. The number of aliphatic hydroxyl groups is 1. The van der Waals surface area contributed by atoms with Crippen LogP contribution in [0.2, 0.25) is 0 Å². The number of nitrogens with zero attached hydrogens (tertiary/aromatic N) is 1. The van der Waals surface area contributed by atoms with Gasteiger partial charge >= 0.3 is 0 Å². The molecular formula is C17H28N2O. The maximum Gasteiger partial charge on any atom is 0.0558 e. The van der Waals surface area contributed by atoms with Gasteiger partial charge < -0.3 is 10.4 Å². The summed E-state index contributed by atoms with van der Waals surface area (Å²) in [5.74, 6) is 0.740. The highest BCUT2D eigenvalue weighted by molar-refractivity contribution is 5.25. The minimum atomic E-state index is 0.225. The van der Waals surface area contributed by atoms with Gasteiger partial charge in [-0.3, -0.25) is 4.90 Å². The van der Waals surface area contributed by atoms with Gasteiger partial charge in [0.15, 0.2) is 0 Å². The third kappa shape index (κ3) is 4.30. The van der Waals surface area contributed by atoms with E-state index >= 15 is 0 Å². The molecule has 1 aliphatic carbocycles. The Kier molecular flexibility index (Phi) is 6.02. The van der Waals surface area contributed by atoms with E-state index in [1.807, 2.05) is 7.05 Å². The Hall–Kier alpha value is -0.900. The van der Waals surface area contributed by atoms with Crippen LogP contribution in [0, 0.1) is 0 Å². The molecule has 0 heterocycles. The molecule has 1 aliphatic rings. The van der Waals surface area contributed by atoms with E-state index in [0.717, 1.165) is 25.0 Å². The first-order chi connectivity index (χ1) is 9.72. The summed E-state index contributed by atoms with van der Waals surface area (Å²) in [6, 6.07) is 9.80. The molecule has 3 heteroatoms. The second-order valence-electron chi connectivity index (χ2n) is 6.04. The van der Waals surface area contributed by atoms with Crippen molar-refractivity contribution in [2.75, 3.05) is 27.2 Å². The number of hydrogen-bond donors (Lipinski definition) is 2.